The minimum Gasteiger partial charge on any atom is -0.480 e. The highest BCUT2D eigenvalue weighted by Gasteiger charge is 2.07. The van der Waals surface area contributed by atoms with E-state index in [-0.39, 0.29) is 12.3 Å². The zero-order valence-corrected chi connectivity index (χ0v) is 6.80. The highest BCUT2D eigenvalue weighted by Crippen LogP contribution is 1.94. The molecule has 0 heterocycles. The Morgan fingerprint density at radius 3 is 2.73 bits per heavy atom. The number of nitrogens with two attached hydrogens (primary N) is 1. The molecule has 0 rings (SSSR count). The molecule has 11 heavy (non-hydrogen) atoms. The number of carbonyl (C=O) groups is 1. The Hall–Kier alpha value is -0.810. The van der Waals surface area contributed by atoms with Crippen LogP contribution >= 0.6 is 11.8 Å². The maximum atomic E-state index is 10.5. The molecule has 0 radical (unpaired) electrons. The summed E-state index contributed by atoms with van der Waals surface area (Å²) in [5, 5.41) is 0. The molecule has 0 aromatic carbocycles. The van der Waals surface area contributed by atoms with E-state index in [9.17, 15) is 4.79 Å². The Morgan fingerprint density at radius 1 is 1.73 bits per heavy atom. The Balaban J connectivity index is 3.79. The van der Waals surface area contributed by atoms with Gasteiger partial charge in [-0.25, -0.2) is 4.79 Å². The quantitative estimate of drug-likeness (QED) is 0.387. The third kappa shape index (κ3) is 4.58. The predicted octanol–water partition coefficient (Wildman–Crippen LogP) is 0.382. The van der Waals surface area contributed by atoms with Gasteiger partial charge in [-0.3, -0.25) is 0 Å². The van der Waals surface area contributed by atoms with Gasteiger partial charge in [0.1, 0.15) is 6.42 Å². The average molecular weight is 181 g/mol. The number of halogens is 1. The van der Waals surface area contributed by atoms with Crippen molar-refractivity contribution in [3.63, 3.8) is 0 Å². The van der Waals surface area contributed by atoms with Crippen LogP contribution in [-0.4, -0.2) is 18.5 Å². The van der Waals surface area contributed by atoms with Crippen LogP contribution in [-0.2, 0) is 14.4 Å². The lowest BCUT2D eigenvalue weighted by molar-refractivity contribution is -0.142. The van der Waals surface area contributed by atoms with Crippen LogP contribution in [0.1, 0.15) is 13.3 Å². The molecule has 0 saturated heterocycles. The average Bonchev–Trinajstić information content (AvgIpc) is 2.03. The maximum Gasteiger partial charge on any atom is 0.333 e. The SMILES string of the molecule is CCOC(CC(=O)ON)=NCl. The zero-order valence-electron chi connectivity index (χ0n) is 6.04. The number of rotatable bonds is 3. The van der Waals surface area contributed by atoms with Crippen LogP contribution in [0.3, 0.4) is 0 Å². The first-order valence-corrected chi connectivity index (χ1v) is 3.28. The molecule has 0 aromatic heterocycles. The summed E-state index contributed by atoms with van der Waals surface area (Å²) in [6.07, 6.45) is -0.145. The van der Waals surface area contributed by atoms with Crippen molar-refractivity contribution < 1.29 is 14.4 Å². The van der Waals surface area contributed by atoms with Gasteiger partial charge < -0.3 is 9.57 Å². The molecule has 0 bridgehead atoms. The van der Waals surface area contributed by atoms with E-state index in [0.717, 1.165) is 0 Å². The summed E-state index contributed by atoms with van der Waals surface area (Å²) in [7, 11) is 0. The smallest absolute Gasteiger partial charge is 0.333 e. The van der Waals surface area contributed by atoms with Gasteiger partial charge >= 0.3 is 5.97 Å². The molecule has 0 aromatic rings. The summed E-state index contributed by atoms with van der Waals surface area (Å²) in [5.41, 5.74) is 0. The molecule has 6 heteroatoms. The second kappa shape index (κ2) is 5.94. The van der Waals surface area contributed by atoms with E-state index in [1.165, 1.54) is 0 Å². The number of ether oxygens (including phenoxy) is 1. The van der Waals surface area contributed by atoms with Crippen LogP contribution in [0.5, 0.6) is 0 Å². The topological polar surface area (TPSA) is 73.9 Å². The predicted molar refractivity (Wildman–Crippen MR) is 39.8 cm³/mol. The summed E-state index contributed by atoms with van der Waals surface area (Å²) in [4.78, 5) is 14.4. The van der Waals surface area contributed by atoms with E-state index in [2.05, 4.69) is 15.2 Å². The zero-order chi connectivity index (χ0) is 8.69. The van der Waals surface area contributed by atoms with Gasteiger partial charge in [-0.2, -0.15) is 5.90 Å². The third-order valence-corrected chi connectivity index (χ3v) is 1.02. The van der Waals surface area contributed by atoms with Crippen LogP contribution in [0, 0.1) is 0 Å². The van der Waals surface area contributed by atoms with Gasteiger partial charge in [-0.05, 0) is 6.92 Å². The summed E-state index contributed by atoms with van der Waals surface area (Å²) in [6, 6.07) is 0. The minimum absolute atomic E-state index is 0.101. The van der Waals surface area contributed by atoms with Crippen LogP contribution < -0.4 is 5.90 Å². The first-order valence-electron chi connectivity index (χ1n) is 2.94. The van der Waals surface area contributed by atoms with Crippen molar-refractivity contribution in [2.45, 2.75) is 13.3 Å². The van der Waals surface area contributed by atoms with E-state index in [4.69, 9.17) is 16.5 Å². The van der Waals surface area contributed by atoms with Crippen LogP contribution in [0.4, 0.5) is 0 Å². The molecule has 0 amide bonds. The molecule has 0 unspecified atom stereocenters. The fourth-order valence-corrected chi connectivity index (χ4v) is 0.546. The Labute approximate surface area is 69.2 Å². The number of carbonyl (C=O) groups excluding carboxylic acids is 1. The van der Waals surface area contributed by atoms with Crippen molar-refractivity contribution in [2.75, 3.05) is 6.61 Å². The van der Waals surface area contributed by atoms with Gasteiger partial charge in [-0.15, -0.1) is 4.51 Å². The van der Waals surface area contributed by atoms with E-state index < -0.39 is 5.97 Å². The van der Waals surface area contributed by atoms with Gasteiger partial charge in [0.25, 0.3) is 0 Å². The van der Waals surface area contributed by atoms with E-state index in [1.807, 2.05) is 0 Å². The minimum atomic E-state index is -0.641. The second-order valence-electron chi connectivity index (χ2n) is 1.58. The van der Waals surface area contributed by atoms with Crippen molar-refractivity contribution in [2.24, 2.45) is 10.4 Å². The Kier molecular flexibility index (Phi) is 5.50. The largest absolute Gasteiger partial charge is 0.480 e. The molecule has 0 aliphatic rings. The summed E-state index contributed by atoms with van der Waals surface area (Å²) >= 11 is 5.06. The fourth-order valence-electron chi connectivity index (χ4n) is 0.437. The number of nitrogens with zero attached hydrogens (tertiary/aromatic N) is 1. The van der Waals surface area contributed by atoms with Gasteiger partial charge in [0.05, 0.1) is 6.61 Å². The van der Waals surface area contributed by atoms with Crippen molar-refractivity contribution >= 4 is 23.6 Å². The van der Waals surface area contributed by atoms with Gasteiger partial charge in [0, 0.05) is 11.8 Å². The van der Waals surface area contributed by atoms with Gasteiger partial charge in [-0.1, -0.05) is 0 Å². The highest BCUT2D eigenvalue weighted by atomic mass is 35.5. The maximum absolute atomic E-state index is 10.5. The number of hydrogen-bond acceptors (Lipinski definition) is 5. The molecule has 0 aliphatic heterocycles. The van der Waals surface area contributed by atoms with Gasteiger partial charge in [0.15, 0.2) is 0 Å². The van der Waals surface area contributed by atoms with Crippen molar-refractivity contribution in [1.29, 1.82) is 0 Å². The monoisotopic (exact) mass is 180 g/mol. The molecule has 5 nitrogen and oxygen atoms in total. The normalized spacial score (nSPS) is 11.0. The Bertz CT molecular complexity index is 160. The first kappa shape index (κ1) is 10.2. The van der Waals surface area contributed by atoms with Crippen molar-refractivity contribution in [3.05, 3.63) is 0 Å². The lowest BCUT2D eigenvalue weighted by atomic mass is 10.4. The Morgan fingerprint density at radius 2 is 2.36 bits per heavy atom. The molecule has 0 aliphatic carbocycles. The second-order valence-corrected chi connectivity index (χ2v) is 1.75. The molecule has 0 atom stereocenters. The molecule has 0 saturated carbocycles. The summed E-state index contributed by atoms with van der Waals surface area (Å²) < 4.78 is 8.00. The van der Waals surface area contributed by atoms with Gasteiger partial charge in [0.2, 0.25) is 5.90 Å². The fraction of sp³-hybridized carbons (Fsp3) is 0.600. The summed E-state index contributed by atoms with van der Waals surface area (Å²) in [6.45, 7) is 2.14. The van der Waals surface area contributed by atoms with Crippen LogP contribution in [0.15, 0.2) is 4.51 Å². The lowest BCUT2D eigenvalue weighted by Gasteiger charge is -2.02. The standard InChI is InChI=1S/C5H9ClN2O3/c1-2-10-4(8-6)3-5(9)11-7/h2-3,7H2,1H3. The highest BCUT2D eigenvalue weighted by molar-refractivity contribution is 6.20. The molecule has 2 N–H and O–H groups in total. The molecular formula is C5H9ClN2O3. The summed E-state index contributed by atoms with van der Waals surface area (Å²) in [5.74, 6) is 4.03. The third-order valence-electron chi connectivity index (χ3n) is 0.832. The van der Waals surface area contributed by atoms with E-state index >= 15 is 0 Å². The lowest BCUT2D eigenvalue weighted by Crippen LogP contribution is -2.16. The van der Waals surface area contributed by atoms with Crippen molar-refractivity contribution in [3.8, 4) is 0 Å². The number of hydrogen-bond donors (Lipinski definition) is 1. The molecular weight excluding hydrogens is 172 g/mol. The van der Waals surface area contributed by atoms with Crippen molar-refractivity contribution in [1.82, 2.24) is 0 Å². The first-order chi connectivity index (χ1) is 5.24. The molecule has 0 fully saturated rings. The van der Waals surface area contributed by atoms with E-state index in [0.29, 0.717) is 6.61 Å². The van der Waals surface area contributed by atoms with E-state index in [1.54, 1.807) is 6.92 Å². The van der Waals surface area contributed by atoms with Crippen LogP contribution in [0.2, 0.25) is 0 Å². The van der Waals surface area contributed by atoms with Crippen LogP contribution in [0.25, 0.3) is 0 Å². The molecule has 0 spiro atoms. The molecule has 64 valence electrons.